The standard InChI is InChI=1S/C25H24N4O/c1-18-6-2-3-7-19(18)14-24(30)29-13-5-9-23(29)25-22-11-10-21(16-28(22)17-27-25)20-8-4-12-26-15-20/h2-4,6-8,10-12,15-17,23H,5,9,13-14H2,1H3/t23-/m0/s1. The lowest BCUT2D eigenvalue weighted by Gasteiger charge is -2.24. The van der Waals surface area contributed by atoms with E-state index in [-0.39, 0.29) is 11.9 Å². The Hall–Kier alpha value is -3.47. The van der Waals surface area contributed by atoms with E-state index in [1.165, 1.54) is 0 Å². The molecule has 0 N–H and O–H groups in total. The molecule has 0 unspecified atom stereocenters. The molecule has 5 nitrogen and oxygen atoms in total. The summed E-state index contributed by atoms with van der Waals surface area (Å²) in [4.78, 5) is 24.1. The van der Waals surface area contributed by atoms with Crippen LogP contribution in [0.5, 0.6) is 0 Å². The predicted molar refractivity (Wildman–Crippen MR) is 117 cm³/mol. The van der Waals surface area contributed by atoms with Crippen molar-refractivity contribution in [3.05, 3.63) is 90.3 Å². The lowest BCUT2D eigenvalue weighted by Crippen LogP contribution is -2.32. The summed E-state index contributed by atoms with van der Waals surface area (Å²) in [5, 5.41) is 0. The van der Waals surface area contributed by atoms with Gasteiger partial charge in [0.2, 0.25) is 5.91 Å². The van der Waals surface area contributed by atoms with E-state index in [1.807, 2.05) is 41.7 Å². The van der Waals surface area contributed by atoms with Gasteiger partial charge in [-0.1, -0.05) is 36.4 Å². The molecule has 0 spiro atoms. The van der Waals surface area contributed by atoms with Crippen LogP contribution in [0.2, 0.25) is 0 Å². The van der Waals surface area contributed by atoms with Crippen molar-refractivity contribution in [3.8, 4) is 11.1 Å². The number of aromatic nitrogens is 3. The van der Waals surface area contributed by atoms with Gasteiger partial charge in [-0.15, -0.1) is 0 Å². The summed E-state index contributed by atoms with van der Waals surface area (Å²) in [6.07, 6.45) is 9.99. The zero-order valence-corrected chi connectivity index (χ0v) is 17.0. The summed E-state index contributed by atoms with van der Waals surface area (Å²) < 4.78 is 2.06. The molecule has 1 aliphatic heterocycles. The highest BCUT2D eigenvalue weighted by atomic mass is 16.2. The number of pyridine rings is 2. The second kappa shape index (κ2) is 7.75. The van der Waals surface area contributed by atoms with Crippen molar-refractivity contribution in [1.82, 2.24) is 19.3 Å². The Morgan fingerprint density at radius 3 is 2.83 bits per heavy atom. The summed E-state index contributed by atoms with van der Waals surface area (Å²) in [5.41, 5.74) is 6.48. The van der Waals surface area contributed by atoms with Crippen molar-refractivity contribution in [2.75, 3.05) is 6.54 Å². The third-order valence-corrected chi connectivity index (χ3v) is 6.05. The molecule has 0 radical (unpaired) electrons. The molecule has 3 aromatic heterocycles. The summed E-state index contributed by atoms with van der Waals surface area (Å²) in [6, 6.07) is 16.4. The number of imidazole rings is 1. The Morgan fingerprint density at radius 1 is 1.10 bits per heavy atom. The second-order valence-corrected chi connectivity index (χ2v) is 7.93. The molecule has 1 aliphatic rings. The van der Waals surface area contributed by atoms with E-state index in [1.54, 1.807) is 6.20 Å². The van der Waals surface area contributed by atoms with E-state index in [4.69, 9.17) is 4.98 Å². The Balaban J connectivity index is 1.43. The first kappa shape index (κ1) is 18.6. The molecule has 0 saturated carbocycles. The van der Waals surface area contributed by atoms with Crippen LogP contribution in [0.25, 0.3) is 16.6 Å². The average Bonchev–Trinajstić information content (AvgIpc) is 3.42. The second-order valence-electron chi connectivity index (χ2n) is 7.93. The fourth-order valence-corrected chi connectivity index (χ4v) is 4.40. The SMILES string of the molecule is Cc1ccccc1CC(=O)N1CCC[C@H]1c1ncn2cc(-c3cccnc3)ccc12. The van der Waals surface area contributed by atoms with Gasteiger partial charge in [-0.05, 0) is 48.6 Å². The Bertz CT molecular complexity index is 1200. The molecule has 1 aromatic carbocycles. The largest absolute Gasteiger partial charge is 0.334 e. The number of carbonyl (C=O) groups is 1. The van der Waals surface area contributed by atoms with Crippen molar-refractivity contribution in [2.45, 2.75) is 32.2 Å². The Kier molecular flexibility index (Phi) is 4.79. The highest BCUT2D eigenvalue weighted by molar-refractivity contribution is 5.80. The summed E-state index contributed by atoms with van der Waals surface area (Å²) >= 11 is 0. The van der Waals surface area contributed by atoms with Crippen molar-refractivity contribution in [2.24, 2.45) is 0 Å². The van der Waals surface area contributed by atoms with E-state index >= 15 is 0 Å². The predicted octanol–water partition coefficient (Wildman–Crippen LogP) is 4.61. The smallest absolute Gasteiger partial charge is 0.227 e. The molecule has 0 aliphatic carbocycles. The van der Waals surface area contributed by atoms with Crippen LogP contribution in [0.3, 0.4) is 0 Å². The van der Waals surface area contributed by atoms with E-state index in [0.717, 1.165) is 52.9 Å². The van der Waals surface area contributed by atoms with Gasteiger partial charge >= 0.3 is 0 Å². The third kappa shape index (κ3) is 3.36. The number of carbonyl (C=O) groups excluding carboxylic acids is 1. The number of amides is 1. The van der Waals surface area contributed by atoms with Gasteiger partial charge in [-0.2, -0.15) is 0 Å². The highest BCUT2D eigenvalue weighted by Crippen LogP contribution is 2.34. The van der Waals surface area contributed by atoms with Crippen LogP contribution in [0, 0.1) is 6.92 Å². The molecule has 30 heavy (non-hydrogen) atoms. The van der Waals surface area contributed by atoms with Crippen LogP contribution in [0.1, 0.15) is 35.7 Å². The van der Waals surface area contributed by atoms with E-state index < -0.39 is 0 Å². The number of hydrogen-bond donors (Lipinski definition) is 0. The van der Waals surface area contributed by atoms with Crippen molar-refractivity contribution < 1.29 is 4.79 Å². The normalized spacial score (nSPS) is 16.3. The lowest BCUT2D eigenvalue weighted by atomic mass is 10.0. The summed E-state index contributed by atoms with van der Waals surface area (Å²) in [7, 11) is 0. The van der Waals surface area contributed by atoms with Gasteiger partial charge in [0, 0.05) is 30.7 Å². The fraction of sp³-hybridized carbons (Fsp3) is 0.240. The molecular weight excluding hydrogens is 372 g/mol. The van der Waals surface area contributed by atoms with Crippen LogP contribution in [0.15, 0.2) is 73.4 Å². The molecule has 1 amide bonds. The maximum absolute atomic E-state index is 13.1. The Morgan fingerprint density at radius 2 is 2.00 bits per heavy atom. The molecule has 5 rings (SSSR count). The van der Waals surface area contributed by atoms with Gasteiger partial charge in [0.25, 0.3) is 0 Å². The van der Waals surface area contributed by atoms with E-state index in [2.05, 4.69) is 46.8 Å². The number of likely N-dealkylation sites (tertiary alicyclic amines) is 1. The van der Waals surface area contributed by atoms with Crippen molar-refractivity contribution >= 4 is 11.4 Å². The molecule has 4 heterocycles. The minimum Gasteiger partial charge on any atom is -0.334 e. The maximum atomic E-state index is 13.1. The molecule has 150 valence electrons. The molecule has 4 aromatic rings. The topological polar surface area (TPSA) is 50.5 Å². The maximum Gasteiger partial charge on any atom is 0.227 e. The van der Waals surface area contributed by atoms with Gasteiger partial charge in [-0.3, -0.25) is 9.78 Å². The zero-order chi connectivity index (χ0) is 20.5. The zero-order valence-electron chi connectivity index (χ0n) is 17.0. The van der Waals surface area contributed by atoms with Gasteiger partial charge < -0.3 is 9.30 Å². The van der Waals surface area contributed by atoms with Gasteiger partial charge in [0.05, 0.1) is 30.0 Å². The van der Waals surface area contributed by atoms with Crippen molar-refractivity contribution in [3.63, 3.8) is 0 Å². The quantitative estimate of drug-likeness (QED) is 0.506. The molecule has 1 atom stereocenters. The molecule has 1 saturated heterocycles. The summed E-state index contributed by atoms with van der Waals surface area (Å²) in [6.45, 7) is 2.86. The van der Waals surface area contributed by atoms with Gasteiger partial charge in [-0.25, -0.2) is 4.98 Å². The fourth-order valence-electron chi connectivity index (χ4n) is 4.40. The van der Waals surface area contributed by atoms with Crippen LogP contribution < -0.4 is 0 Å². The van der Waals surface area contributed by atoms with E-state index in [9.17, 15) is 4.79 Å². The van der Waals surface area contributed by atoms with Crippen LogP contribution in [-0.4, -0.2) is 31.7 Å². The van der Waals surface area contributed by atoms with Crippen LogP contribution in [0.4, 0.5) is 0 Å². The van der Waals surface area contributed by atoms with E-state index in [0.29, 0.717) is 6.42 Å². The van der Waals surface area contributed by atoms with Crippen molar-refractivity contribution in [1.29, 1.82) is 0 Å². The number of aryl methyl sites for hydroxylation is 1. The number of fused-ring (bicyclic) bond motifs is 1. The monoisotopic (exact) mass is 396 g/mol. The number of nitrogens with zero attached hydrogens (tertiary/aromatic N) is 4. The lowest BCUT2D eigenvalue weighted by molar-refractivity contribution is -0.131. The first-order valence-corrected chi connectivity index (χ1v) is 10.4. The highest BCUT2D eigenvalue weighted by Gasteiger charge is 2.32. The number of hydrogen-bond acceptors (Lipinski definition) is 3. The molecule has 5 heteroatoms. The van der Waals surface area contributed by atoms with Gasteiger partial charge in [0.1, 0.15) is 0 Å². The summed E-state index contributed by atoms with van der Waals surface area (Å²) in [5.74, 6) is 0.180. The average molecular weight is 396 g/mol. The molecule has 1 fully saturated rings. The van der Waals surface area contributed by atoms with Crippen LogP contribution >= 0.6 is 0 Å². The first-order valence-electron chi connectivity index (χ1n) is 10.4. The van der Waals surface area contributed by atoms with Crippen LogP contribution in [-0.2, 0) is 11.2 Å². The molecular formula is C25H24N4O. The molecule has 0 bridgehead atoms. The number of rotatable bonds is 4. The third-order valence-electron chi connectivity index (χ3n) is 6.05. The minimum atomic E-state index is 0.0377. The van der Waals surface area contributed by atoms with Gasteiger partial charge in [0.15, 0.2) is 0 Å². The minimum absolute atomic E-state index is 0.0377. The Labute approximate surface area is 176 Å². The number of benzene rings is 1. The first-order chi connectivity index (χ1) is 14.7.